The predicted octanol–water partition coefficient (Wildman–Crippen LogP) is 3.83. The number of ether oxygens (including phenoxy) is 2. The molecular weight excluding hydrogens is 477 g/mol. The highest BCUT2D eigenvalue weighted by molar-refractivity contribution is 8.13. The molecule has 0 bridgehead atoms. The first kappa shape index (κ1) is 22.1. The van der Waals surface area contributed by atoms with Gasteiger partial charge in [-0.2, -0.15) is 5.06 Å². The van der Waals surface area contributed by atoms with Crippen LogP contribution in [-0.4, -0.2) is 74.6 Å². The number of nitrogens with one attached hydrogen (secondary N) is 1. The normalized spacial score (nSPS) is 29.8. The van der Waals surface area contributed by atoms with E-state index in [1.54, 1.807) is 0 Å². The highest BCUT2D eigenvalue weighted by Crippen LogP contribution is 2.57. The average Bonchev–Trinajstić information content (AvgIpc) is 3.29. The van der Waals surface area contributed by atoms with E-state index in [1.165, 1.54) is 17.1 Å². The fourth-order valence-electron chi connectivity index (χ4n) is 4.93. The lowest BCUT2D eigenvalue weighted by Crippen LogP contribution is -2.50. The SMILES string of the molecule is COC(=O)SC[C@H]1[C@@H]2N(O)CCC23c2ccccc2N[C@H]3N1C(=O)OCC(Cl)(Cl)Cl. The first-order valence-electron chi connectivity index (χ1n) is 9.23. The number of hydroxylamine groups is 2. The third kappa shape index (κ3) is 3.59. The molecular formula is C18H20Cl3N3O5S. The van der Waals surface area contributed by atoms with E-state index in [0.717, 1.165) is 23.0 Å². The molecule has 2 fully saturated rings. The second kappa shape index (κ2) is 8.11. The molecule has 1 aromatic carbocycles. The average molecular weight is 497 g/mol. The van der Waals surface area contributed by atoms with Gasteiger partial charge in [-0.05, 0) is 29.8 Å². The summed E-state index contributed by atoms with van der Waals surface area (Å²) in [6, 6.07) is 6.76. The number of benzene rings is 1. The van der Waals surface area contributed by atoms with Gasteiger partial charge >= 0.3 is 11.4 Å². The van der Waals surface area contributed by atoms with Crippen LogP contribution >= 0.6 is 46.6 Å². The summed E-state index contributed by atoms with van der Waals surface area (Å²) in [6.07, 6.45) is -0.552. The summed E-state index contributed by atoms with van der Waals surface area (Å²) >= 11 is 18.2. The lowest BCUT2D eigenvalue weighted by Gasteiger charge is -2.32. The molecule has 4 atom stereocenters. The van der Waals surface area contributed by atoms with Gasteiger partial charge in [0.1, 0.15) is 12.8 Å². The van der Waals surface area contributed by atoms with Crippen molar-refractivity contribution in [1.29, 1.82) is 0 Å². The molecule has 0 aromatic heterocycles. The molecule has 0 aliphatic carbocycles. The number of carbonyl (C=O) groups excluding carboxylic acids is 2. The number of amides is 1. The molecule has 1 unspecified atom stereocenters. The summed E-state index contributed by atoms with van der Waals surface area (Å²) in [4.78, 5) is 26.4. The number of para-hydroxylation sites is 1. The summed E-state index contributed by atoms with van der Waals surface area (Å²) in [5, 5.41) is 14.9. The van der Waals surface area contributed by atoms with Crippen LogP contribution in [-0.2, 0) is 14.9 Å². The van der Waals surface area contributed by atoms with Crippen LogP contribution in [0.4, 0.5) is 15.3 Å². The number of alkyl halides is 3. The summed E-state index contributed by atoms with van der Waals surface area (Å²) in [5.41, 5.74) is 1.34. The maximum Gasteiger partial charge on any atom is 0.411 e. The fourth-order valence-corrected chi connectivity index (χ4v) is 5.86. The van der Waals surface area contributed by atoms with Gasteiger partial charge in [0, 0.05) is 18.0 Å². The minimum absolute atomic E-state index is 0.208. The van der Waals surface area contributed by atoms with Crippen LogP contribution < -0.4 is 5.32 Å². The number of hydrogen-bond donors (Lipinski definition) is 2. The van der Waals surface area contributed by atoms with Gasteiger partial charge in [-0.1, -0.05) is 53.0 Å². The molecule has 1 aromatic rings. The Morgan fingerprint density at radius 2 is 2.10 bits per heavy atom. The van der Waals surface area contributed by atoms with Crippen LogP contribution in [0.1, 0.15) is 12.0 Å². The van der Waals surface area contributed by atoms with Gasteiger partial charge in [0.05, 0.1) is 24.6 Å². The van der Waals surface area contributed by atoms with Crippen molar-refractivity contribution in [3.63, 3.8) is 0 Å². The van der Waals surface area contributed by atoms with Crippen LogP contribution in [0.5, 0.6) is 0 Å². The summed E-state index contributed by atoms with van der Waals surface area (Å²) < 4.78 is 8.26. The Morgan fingerprint density at radius 3 is 2.80 bits per heavy atom. The van der Waals surface area contributed by atoms with Crippen molar-refractivity contribution in [2.24, 2.45) is 0 Å². The molecule has 164 valence electrons. The molecule has 8 nitrogen and oxygen atoms in total. The minimum Gasteiger partial charge on any atom is -0.461 e. The Bertz CT molecular complexity index is 857. The van der Waals surface area contributed by atoms with Crippen molar-refractivity contribution >= 4 is 63.6 Å². The van der Waals surface area contributed by atoms with Gasteiger partial charge in [-0.25, -0.2) is 9.59 Å². The van der Waals surface area contributed by atoms with Gasteiger partial charge in [-0.15, -0.1) is 0 Å². The van der Waals surface area contributed by atoms with Crippen LogP contribution in [0.2, 0.25) is 0 Å². The van der Waals surface area contributed by atoms with E-state index in [4.69, 9.17) is 44.3 Å². The van der Waals surface area contributed by atoms with Crippen molar-refractivity contribution in [1.82, 2.24) is 9.96 Å². The molecule has 0 radical (unpaired) electrons. The van der Waals surface area contributed by atoms with E-state index in [-0.39, 0.29) is 5.75 Å². The van der Waals surface area contributed by atoms with E-state index in [0.29, 0.717) is 13.0 Å². The quantitative estimate of drug-likeness (QED) is 0.482. The van der Waals surface area contributed by atoms with E-state index in [2.05, 4.69) is 5.32 Å². The highest BCUT2D eigenvalue weighted by Gasteiger charge is 2.69. The molecule has 2 N–H and O–H groups in total. The number of nitrogens with zero attached hydrogens (tertiary/aromatic N) is 2. The lowest BCUT2D eigenvalue weighted by molar-refractivity contribution is -0.114. The van der Waals surface area contributed by atoms with Crippen molar-refractivity contribution < 1.29 is 24.3 Å². The van der Waals surface area contributed by atoms with Crippen LogP contribution in [0, 0.1) is 0 Å². The number of thioether (sulfide) groups is 1. The zero-order valence-corrected chi connectivity index (χ0v) is 19.0. The molecule has 1 amide bonds. The number of fused-ring (bicyclic) bond motifs is 1. The smallest absolute Gasteiger partial charge is 0.411 e. The summed E-state index contributed by atoms with van der Waals surface area (Å²) in [7, 11) is 1.29. The Kier molecular flexibility index (Phi) is 5.97. The van der Waals surface area contributed by atoms with Crippen LogP contribution in [0.25, 0.3) is 0 Å². The van der Waals surface area contributed by atoms with Gasteiger partial charge in [0.15, 0.2) is 0 Å². The Morgan fingerprint density at radius 1 is 1.37 bits per heavy atom. The molecule has 3 aliphatic heterocycles. The van der Waals surface area contributed by atoms with Crippen molar-refractivity contribution in [2.75, 3.05) is 31.3 Å². The number of carbonyl (C=O) groups is 2. The standard InChI is InChI=1S/C18H20Cl3N3O5S/c1-28-16(26)30-8-12-13-17(6-7-23(13)27)10-4-2-3-5-11(10)22-14(17)24(12)15(25)29-9-18(19,20)21/h2-5,12-14,22,27H,6-9H2,1H3/t12-,13-,14-,17?/m0/s1. The predicted molar refractivity (Wildman–Crippen MR) is 115 cm³/mol. The third-order valence-corrected chi connectivity index (χ3v) is 7.16. The topological polar surface area (TPSA) is 91.3 Å². The number of rotatable bonds is 3. The summed E-state index contributed by atoms with van der Waals surface area (Å²) in [5.74, 6) is 0.208. The first-order valence-corrected chi connectivity index (χ1v) is 11.3. The van der Waals surface area contributed by atoms with Crippen molar-refractivity contribution in [2.45, 2.75) is 33.9 Å². The highest BCUT2D eigenvalue weighted by atomic mass is 35.6. The molecule has 0 saturated carbocycles. The van der Waals surface area contributed by atoms with Gasteiger partial charge in [-0.3, -0.25) is 4.90 Å². The largest absolute Gasteiger partial charge is 0.461 e. The number of methoxy groups -OCH3 is 1. The monoisotopic (exact) mass is 495 g/mol. The minimum atomic E-state index is -1.76. The zero-order valence-electron chi connectivity index (χ0n) is 15.9. The third-order valence-electron chi connectivity index (χ3n) is 5.92. The van der Waals surface area contributed by atoms with Crippen molar-refractivity contribution in [3.8, 4) is 0 Å². The number of halogens is 3. The Balaban J connectivity index is 1.72. The number of likely N-dealkylation sites (tertiary alicyclic amines) is 1. The van der Waals surface area contributed by atoms with E-state index >= 15 is 0 Å². The van der Waals surface area contributed by atoms with Crippen LogP contribution in [0.3, 0.4) is 0 Å². The second-order valence-electron chi connectivity index (χ2n) is 7.40. The van der Waals surface area contributed by atoms with E-state index in [1.807, 2.05) is 24.3 Å². The maximum absolute atomic E-state index is 13.1. The second-order valence-corrected chi connectivity index (χ2v) is 10.9. The molecule has 1 spiro atoms. The fraction of sp³-hybridized carbons (Fsp3) is 0.556. The first-order chi connectivity index (χ1) is 14.2. The molecule has 2 saturated heterocycles. The molecule has 30 heavy (non-hydrogen) atoms. The van der Waals surface area contributed by atoms with Gasteiger partial charge < -0.3 is 20.0 Å². The lowest BCUT2D eigenvalue weighted by atomic mass is 9.75. The Labute approximate surface area is 192 Å². The molecule has 3 aliphatic rings. The van der Waals surface area contributed by atoms with Crippen LogP contribution in [0.15, 0.2) is 24.3 Å². The summed E-state index contributed by atoms with van der Waals surface area (Å²) in [6.45, 7) is 0.0116. The molecule has 4 rings (SSSR count). The molecule has 3 heterocycles. The number of anilines is 1. The maximum atomic E-state index is 13.1. The molecule has 12 heteroatoms. The van der Waals surface area contributed by atoms with Gasteiger partial charge in [0.25, 0.3) is 0 Å². The van der Waals surface area contributed by atoms with Gasteiger partial charge in [0.2, 0.25) is 3.79 Å². The van der Waals surface area contributed by atoms with Crippen molar-refractivity contribution in [3.05, 3.63) is 29.8 Å². The Hall–Kier alpha value is -1.10. The number of hydrogen-bond acceptors (Lipinski definition) is 8. The van der Waals surface area contributed by atoms with E-state index in [9.17, 15) is 14.8 Å². The van der Waals surface area contributed by atoms with E-state index < -0.39 is 45.5 Å². The zero-order chi connectivity index (χ0) is 21.7.